The first-order valence-corrected chi connectivity index (χ1v) is 15.6. The number of rotatable bonds is 21. The minimum atomic E-state index is 0.936. The van der Waals surface area contributed by atoms with Crippen molar-refractivity contribution >= 4 is 0 Å². The highest BCUT2D eigenvalue weighted by Gasteiger charge is 2.20. The van der Waals surface area contributed by atoms with Crippen LogP contribution in [0.4, 0.5) is 0 Å². The van der Waals surface area contributed by atoms with Gasteiger partial charge in [0.2, 0.25) is 0 Å². The molecule has 2 aliphatic rings. The van der Waals surface area contributed by atoms with Gasteiger partial charge in [-0.15, -0.1) is 0 Å². The zero-order valence-corrected chi connectivity index (χ0v) is 22.9. The summed E-state index contributed by atoms with van der Waals surface area (Å²) in [6, 6.07) is 8.61. The molecule has 36 heavy (non-hydrogen) atoms. The Morgan fingerprint density at radius 2 is 1.00 bits per heavy atom. The highest BCUT2D eigenvalue weighted by Crippen LogP contribution is 2.34. The fourth-order valence-corrected chi connectivity index (χ4v) is 5.43. The molecule has 2 heterocycles. The lowest BCUT2D eigenvalue weighted by atomic mass is 10.0. The molecule has 2 aromatic heterocycles. The fraction of sp³-hybridized carbons (Fsp3) is 0.727. The van der Waals surface area contributed by atoms with Crippen molar-refractivity contribution in [1.29, 1.82) is 0 Å². The molecule has 2 aromatic rings. The molecule has 0 bridgehead atoms. The van der Waals surface area contributed by atoms with Crippen molar-refractivity contribution < 1.29 is 0 Å². The third-order valence-corrected chi connectivity index (χ3v) is 8.32. The van der Waals surface area contributed by atoms with Crippen LogP contribution in [0.3, 0.4) is 0 Å². The lowest BCUT2D eigenvalue weighted by molar-refractivity contribution is 0.551. The van der Waals surface area contributed by atoms with Gasteiger partial charge in [0.1, 0.15) is 0 Å². The van der Waals surface area contributed by atoms with Crippen LogP contribution in [0.25, 0.3) is 11.3 Å². The van der Waals surface area contributed by atoms with Gasteiger partial charge in [0, 0.05) is 17.5 Å². The monoisotopic (exact) mass is 489 g/mol. The van der Waals surface area contributed by atoms with Crippen molar-refractivity contribution in [2.24, 2.45) is 11.8 Å². The van der Waals surface area contributed by atoms with Crippen LogP contribution in [0.2, 0.25) is 0 Å². The Kier molecular flexibility index (Phi) is 12.2. The van der Waals surface area contributed by atoms with Gasteiger partial charge >= 0.3 is 0 Å². The number of aryl methyl sites for hydroxylation is 2. The molecule has 0 unspecified atom stereocenters. The Morgan fingerprint density at radius 3 is 1.47 bits per heavy atom. The van der Waals surface area contributed by atoms with Crippen molar-refractivity contribution in [1.82, 2.24) is 15.2 Å². The Labute approximate surface area is 221 Å². The lowest BCUT2D eigenvalue weighted by Gasteiger charge is -2.05. The summed E-state index contributed by atoms with van der Waals surface area (Å²) in [5.41, 5.74) is 4.34. The number of hydrogen-bond acceptors (Lipinski definition) is 3. The minimum Gasteiger partial charge on any atom is -0.261 e. The number of aromatic nitrogens is 3. The summed E-state index contributed by atoms with van der Waals surface area (Å²) in [4.78, 5) is 4.70. The molecule has 0 radical (unpaired) electrons. The molecular formula is C33H51N3. The fourth-order valence-electron chi connectivity index (χ4n) is 5.43. The van der Waals surface area contributed by atoms with Crippen molar-refractivity contribution in [3.63, 3.8) is 0 Å². The van der Waals surface area contributed by atoms with Crippen LogP contribution in [0.1, 0.15) is 140 Å². The highest BCUT2D eigenvalue weighted by molar-refractivity contribution is 5.57. The summed E-state index contributed by atoms with van der Waals surface area (Å²) in [5.74, 6) is 2.21. The molecule has 198 valence electrons. The SMILES string of the molecule is c1cc(CCCCCCCCCC2CC2)ncc1-c1ccc(CCCCCCCCCC2CC2)nn1. The Balaban J connectivity index is 1.01. The van der Waals surface area contributed by atoms with Gasteiger partial charge in [-0.2, -0.15) is 10.2 Å². The maximum absolute atomic E-state index is 4.70. The van der Waals surface area contributed by atoms with Crippen LogP contribution in [0.5, 0.6) is 0 Å². The molecule has 0 saturated heterocycles. The number of pyridine rings is 1. The Hall–Kier alpha value is -1.77. The largest absolute Gasteiger partial charge is 0.261 e. The normalized spacial score (nSPS) is 15.4. The zero-order valence-electron chi connectivity index (χ0n) is 22.9. The summed E-state index contributed by atoms with van der Waals surface area (Å²) >= 11 is 0. The van der Waals surface area contributed by atoms with E-state index in [9.17, 15) is 0 Å². The van der Waals surface area contributed by atoms with Gasteiger partial charge in [-0.3, -0.25) is 4.98 Å². The number of nitrogens with zero attached hydrogens (tertiary/aromatic N) is 3. The van der Waals surface area contributed by atoms with E-state index in [-0.39, 0.29) is 0 Å². The molecule has 4 rings (SSSR count). The van der Waals surface area contributed by atoms with Gasteiger partial charge in [0.25, 0.3) is 0 Å². The molecular weight excluding hydrogens is 438 g/mol. The third-order valence-electron chi connectivity index (χ3n) is 8.32. The van der Waals surface area contributed by atoms with Crippen LogP contribution < -0.4 is 0 Å². The molecule has 0 aromatic carbocycles. The number of hydrogen-bond donors (Lipinski definition) is 0. The molecule has 0 N–H and O–H groups in total. The molecule has 2 saturated carbocycles. The number of unbranched alkanes of at least 4 members (excludes halogenated alkanes) is 12. The predicted molar refractivity (Wildman–Crippen MR) is 152 cm³/mol. The lowest BCUT2D eigenvalue weighted by Crippen LogP contribution is -1.96. The third kappa shape index (κ3) is 11.5. The molecule has 0 spiro atoms. The van der Waals surface area contributed by atoms with E-state index in [4.69, 9.17) is 4.98 Å². The van der Waals surface area contributed by atoms with Crippen LogP contribution in [0, 0.1) is 11.8 Å². The zero-order chi connectivity index (χ0) is 24.7. The molecule has 2 aliphatic carbocycles. The van der Waals surface area contributed by atoms with Crippen molar-refractivity contribution in [2.75, 3.05) is 0 Å². The Bertz CT molecular complexity index is 750. The predicted octanol–water partition coefficient (Wildman–Crippen LogP) is 9.69. The minimum absolute atomic E-state index is 0.936. The van der Waals surface area contributed by atoms with Crippen LogP contribution in [-0.2, 0) is 12.8 Å². The molecule has 0 amide bonds. The van der Waals surface area contributed by atoms with E-state index in [1.54, 1.807) is 0 Å². The maximum Gasteiger partial charge on any atom is 0.0945 e. The van der Waals surface area contributed by atoms with Gasteiger partial charge < -0.3 is 0 Å². The summed E-state index contributed by atoms with van der Waals surface area (Å²) in [6.07, 6.45) is 32.5. The molecule has 0 atom stereocenters. The van der Waals surface area contributed by atoms with E-state index in [2.05, 4.69) is 34.5 Å². The van der Waals surface area contributed by atoms with E-state index < -0.39 is 0 Å². The second-order valence-electron chi connectivity index (χ2n) is 11.9. The molecule has 3 heteroatoms. The van der Waals surface area contributed by atoms with Crippen LogP contribution in [0.15, 0.2) is 30.5 Å². The van der Waals surface area contributed by atoms with Crippen LogP contribution >= 0.6 is 0 Å². The first-order chi connectivity index (χ1) is 17.9. The van der Waals surface area contributed by atoms with E-state index in [1.807, 2.05) is 6.20 Å². The van der Waals surface area contributed by atoms with Crippen molar-refractivity contribution in [3.05, 3.63) is 41.9 Å². The highest BCUT2D eigenvalue weighted by atomic mass is 15.1. The first-order valence-electron chi connectivity index (χ1n) is 15.6. The summed E-state index contributed by atoms with van der Waals surface area (Å²) in [5, 5.41) is 8.98. The summed E-state index contributed by atoms with van der Waals surface area (Å²) < 4.78 is 0. The van der Waals surface area contributed by atoms with Gasteiger partial charge in [-0.25, -0.2) is 0 Å². The Morgan fingerprint density at radius 1 is 0.500 bits per heavy atom. The average molecular weight is 490 g/mol. The molecule has 3 nitrogen and oxygen atoms in total. The standard InChI is InChI=1S/C33H51N3/c1(3-7-11-15-28-19-20-28)5-9-13-17-31-24-23-30(27-34-31)33-26-25-32(35-36-33)18-14-10-6-2-4-8-12-16-29-21-22-29/h23-29H,1-22H2. The second kappa shape index (κ2) is 16.2. The smallest absolute Gasteiger partial charge is 0.0945 e. The maximum atomic E-state index is 4.70. The van der Waals surface area contributed by atoms with Crippen LogP contribution in [-0.4, -0.2) is 15.2 Å². The van der Waals surface area contributed by atoms with E-state index in [0.717, 1.165) is 41.6 Å². The van der Waals surface area contributed by atoms with E-state index in [0.29, 0.717) is 0 Å². The summed E-state index contributed by atoms with van der Waals surface area (Å²) in [6.45, 7) is 0. The van der Waals surface area contributed by atoms with Crippen molar-refractivity contribution in [2.45, 2.75) is 141 Å². The van der Waals surface area contributed by atoms with Gasteiger partial charge in [-0.1, -0.05) is 116 Å². The molecule has 0 aliphatic heterocycles. The average Bonchev–Trinajstić information content (AvgIpc) is 3.84. The van der Waals surface area contributed by atoms with E-state index >= 15 is 0 Å². The topological polar surface area (TPSA) is 38.7 Å². The van der Waals surface area contributed by atoms with Gasteiger partial charge in [0.15, 0.2) is 0 Å². The first kappa shape index (κ1) is 27.3. The molecule has 2 fully saturated rings. The quantitative estimate of drug-likeness (QED) is 0.164. The van der Waals surface area contributed by atoms with Gasteiger partial charge in [-0.05, 0) is 61.8 Å². The summed E-state index contributed by atoms with van der Waals surface area (Å²) in [7, 11) is 0. The second-order valence-corrected chi connectivity index (χ2v) is 11.9. The van der Waals surface area contributed by atoms with Crippen molar-refractivity contribution in [3.8, 4) is 11.3 Å². The van der Waals surface area contributed by atoms with E-state index in [1.165, 1.54) is 134 Å². The van der Waals surface area contributed by atoms with Gasteiger partial charge in [0.05, 0.1) is 11.4 Å².